The molecule has 1 aromatic carbocycles. The molecule has 0 bridgehead atoms. The minimum absolute atomic E-state index is 0.386. The second kappa shape index (κ2) is 6.08. The van der Waals surface area contributed by atoms with Gasteiger partial charge in [0.05, 0.1) is 5.56 Å². The van der Waals surface area contributed by atoms with Gasteiger partial charge in [-0.05, 0) is 36.5 Å². The second-order valence-electron chi connectivity index (χ2n) is 4.37. The van der Waals surface area contributed by atoms with Crippen molar-refractivity contribution in [1.29, 1.82) is 0 Å². The molecule has 0 radical (unpaired) electrons. The molecule has 1 unspecified atom stereocenters. The molecule has 0 saturated carbocycles. The third-order valence-corrected chi connectivity index (χ3v) is 3.11. The van der Waals surface area contributed by atoms with Gasteiger partial charge in [0.15, 0.2) is 0 Å². The fourth-order valence-electron chi connectivity index (χ4n) is 2.00. The van der Waals surface area contributed by atoms with E-state index in [2.05, 4.69) is 13.8 Å². The van der Waals surface area contributed by atoms with Crippen LogP contribution < -0.4 is 0 Å². The zero-order valence-corrected chi connectivity index (χ0v) is 10.3. The fourth-order valence-corrected chi connectivity index (χ4v) is 2.00. The summed E-state index contributed by atoms with van der Waals surface area (Å²) in [5, 5.41) is 0. The van der Waals surface area contributed by atoms with E-state index in [0.717, 1.165) is 31.2 Å². The molecule has 1 atom stereocenters. The van der Waals surface area contributed by atoms with Gasteiger partial charge in [0.25, 0.3) is 0 Å². The molecule has 17 heavy (non-hydrogen) atoms. The van der Waals surface area contributed by atoms with Crippen LogP contribution in [0.5, 0.6) is 0 Å². The smallest absolute Gasteiger partial charge is 0.166 e. The Kier molecular flexibility index (Phi) is 5.03. The number of alkyl halides is 3. The minimum atomic E-state index is -4.23. The SMILES string of the molecule is CCCCC(CC)c1ccc(C(F)(F)F)cc1. The van der Waals surface area contributed by atoms with Crippen LogP contribution in [-0.2, 0) is 6.18 Å². The monoisotopic (exact) mass is 244 g/mol. The van der Waals surface area contributed by atoms with Gasteiger partial charge in [-0.2, -0.15) is 13.2 Å². The van der Waals surface area contributed by atoms with Crippen molar-refractivity contribution in [2.75, 3.05) is 0 Å². The normalized spacial score (nSPS) is 13.7. The molecule has 0 nitrogen and oxygen atoms in total. The minimum Gasteiger partial charge on any atom is -0.166 e. The highest BCUT2D eigenvalue weighted by molar-refractivity contribution is 5.27. The van der Waals surface area contributed by atoms with E-state index in [4.69, 9.17) is 0 Å². The van der Waals surface area contributed by atoms with Crippen molar-refractivity contribution in [3.63, 3.8) is 0 Å². The summed E-state index contributed by atoms with van der Waals surface area (Å²) in [5.41, 5.74) is 0.459. The van der Waals surface area contributed by atoms with Crippen molar-refractivity contribution in [1.82, 2.24) is 0 Å². The number of benzene rings is 1. The molecule has 0 amide bonds. The summed E-state index contributed by atoms with van der Waals surface area (Å²) in [4.78, 5) is 0. The van der Waals surface area contributed by atoms with Crippen LogP contribution in [0.2, 0.25) is 0 Å². The number of halogens is 3. The summed E-state index contributed by atoms with van der Waals surface area (Å²) in [6, 6.07) is 5.60. The van der Waals surface area contributed by atoms with Crippen LogP contribution in [0.25, 0.3) is 0 Å². The van der Waals surface area contributed by atoms with Crippen LogP contribution in [0.3, 0.4) is 0 Å². The number of rotatable bonds is 5. The average Bonchev–Trinajstić information content (AvgIpc) is 2.29. The Hall–Kier alpha value is -0.990. The van der Waals surface area contributed by atoms with E-state index in [-0.39, 0.29) is 0 Å². The highest BCUT2D eigenvalue weighted by atomic mass is 19.4. The Morgan fingerprint density at radius 2 is 1.65 bits per heavy atom. The van der Waals surface area contributed by atoms with Gasteiger partial charge < -0.3 is 0 Å². The van der Waals surface area contributed by atoms with Crippen molar-refractivity contribution in [2.45, 2.75) is 51.6 Å². The quantitative estimate of drug-likeness (QED) is 0.651. The maximum absolute atomic E-state index is 12.4. The van der Waals surface area contributed by atoms with E-state index < -0.39 is 11.7 Å². The standard InChI is InChI=1S/C14H19F3/c1-3-5-6-11(4-2)12-7-9-13(10-8-12)14(15,16)17/h7-11H,3-6H2,1-2H3. The molecule has 0 aliphatic rings. The molecule has 0 fully saturated rings. The first kappa shape index (κ1) is 14.1. The first-order valence-electron chi connectivity index (χ1n) is 6.16. The lowest BCUT2D eigenvalue weighted by Gasteiger charge is -2.16. The van der Waals surface area contributed by atoms with Crippen molar-refractivity contribution in [3.05, 3.63) is 35.4 Å². The lowest BCUT2D eigenvalue weighted by Crippen LogP contribution is -2.05. The Morgan fingerprint density at radius 3 is 2.06 bits per heavy atom. The third-order valence-electron chi connectivity index (χ3n) is 3.11. The molecular formula is C14H19F3. The second-order valence-corrected chi connectivity index (χ2v) is 4.37. The lowest BCUT2D eigenvalue weighted by atomic mass is 9.91. The summed E-state index contributed by atoms with van der Waals surface area (Å²) >= 11 is 0. The molecule has 3 heteroatoms. The van der Waals surface area contributed by atoms with Gasteiger partial charge in [-0.25, -0.2) is 0 Å². The lowest BCUT2D eigenvalue weighted by molar-refractivity contribution is -0.137. The van der Waals surface area contributed by atoms with E-state index in [0.29, 0.717) is 5.92 Å². The molecule has 0 spiro atoms. The predicted molar refractivity (Wildman–Crippen MR) is 64.0 cm³/mol. The third kappa shape index (κ3) is 4.06. The largest absolute Gasteiger partial charge is 0.416 e. The van der Waals surface area contributed by atoms with E-state index in [1.165, 1.54) is 12.1 Å². The van der Waals surface area contributed by atoms with Crippen molar-refractivity contribution < 1.29 is 13.2 Å². The van der Waals surface area contributed by atoms with Crippen molar-refractivity contribution in [3.8, 4) is 0 Å². The van der Waals surface area contributed by atoms with Crippen molar-refractivity contribution >= 4 is 0 Å². The summed E-state index contributed by atoms with van der Waals surface area (Å²) < 4.78 is 37.2. The first-order chi connectivity index (χ1) is 7.99. The van der Waals surface area contributed by atoms with Gasteiger partial charge in [-0.15, -0.1) is 0 Å². The zero-order chi connectivity index (χ0) is 12.9. The summed E-state index contributed by atoms with van der Waals surface area (Å²) in [6.07, 6.45) is 0.0457. The van der Waals surface area contributed by atoms with Crippen LogP contribution in [0, 0.1) is 0 Å². The van der Waals surface area contributed by atoms with Gasteiger partial charge in [0.1, 0.15) is 0 Å². The fraction of sp³-hybridized carbons (Fsp3) is 0.571. The molecule has 1 aromatic rings. The van der Waals surface area contributed by atoms with Crippen LogP contribution in [0.1, 0.15) is 56.6 Å². The molecule has 1 rings (SSSR count). The Balaban J connectivity index is 2.78. The first-order valence-corrected chi connectivity index (χ1v) is 6.16. The van der Waals surface area contributed by atoms with Gasteiger partial charge >= 0.3 is 6.18 Å². The maximum Gasteiger partial charge on any atom is 0.416 e. The van der Waals surface area contributed by atoms with Crippen LogP contribution in [0.15, 0.2) is 24.3 Å². The van der Waals surface area contributed by atoms with Gasteiger partial charge in [0.2, 0.25) is 0 Å². The Labute approximate surface area is 101 Å². The highest BCUT2D eigenvalue weighted by Crippen LogP contribution is 2.31. The van der Waals surface area contributed by atoms with Crippen LogP contribution in [0.4, 0.5) is 13.2 Å². The van der Waals surface area contributed by atoms with Gasteiger partial charge in [0, 0.05) is 0 Å². The topological polar surface area (TPSA) is 0 Å². The van der Waals surface area contributed by atoms with E-state index in [1.807, 2.05) is 0 Å². The van der Waals surface area contributed by atoms with Gasteiger partial charge in [-0.1, -0.05) is 38.8 Å². The maximum atomic E-state index is 12.4. The molecule has 0 N–H and O–H groups in total. The summed E-state index contributed by atoms with van der Waals surface area (Å²) in [5.74, 6) is 0.386. The molecular weight excluding hydrogens is 225 g/mol. The van der Waals surface area contributed by atoms with E-state index in [9.17, 15) is 13.2 Å². The number of unbranched alkanes of at least 4 members (excludes halogenated alkanes) is 1. The highest BCUT2D eigenvalue weighted by Gasteiger charge is 2.30. The van der Waals surface area contributed by atoms with Gasteiger partial charge in [-0.3, -0.25) is 0 Å². The zero-order valence-electron chi connectivity index (χ0n) is 10.3. The molecule has 0 heterocycles. The van der Waals surface area contributed by atoms with Crippen LogP contribution in [-0.4, -0.2) is 0 Å². The van der Waals surface area contributed by atoms with Crippen LogP contribution >= 0.6 is 0 Å². The van der Waals surface area contributed by atoms with E-state index in [1.54, 1.807) is 12.1 Å². The predicted octanol–water partition coefficient (Wildman–Crippen LogP) is 5.39. The number of hydrogen-bond acceptors (Lipinski definition) is 0. The molecule has 0 aromatic heterocycles. The molecule has 96 valence electrons. The molecule has 0 aliphatic carbocycles. The van der Waals surface area contributed by atoms with E-state index >= 15 is 0 Å². The average molecular weight is 244 g/mol. The Bertz CT molecular complexity index is 324. The Morgan fingerprint density at radius 1 is 1.06 bits per heavy atom. The molecule has 0 saturated heterocycles. The number of hydrogen-bond donors (Lipinski definition) is 0. The van der Waals surface area contributed by atoms with Crippen molar-refractivity contribution in [2.24, 2.45) is 0 Å². The summed E-state index contributed by atoms with van der Waals surface area (Å²) in [7, 11) is 0. The molecule has 0 aliphatic heterocycles. The summed E-state index contributed by atoms with van der Waals surface area (Å²) in [6.45, 7) is 4.21.